The zero-order chi connectivity index (χ0) is 18.2. The minimum Gasteiger partial charge on any atom is -0.350 e. The Morgan fingerprint density at radius 1 is 1.32 bits per heavy atom. The van der Waals surface area contributed by atoms with Crippen LogP contribution in [0.3, 0.4) is 0 Å². The fourth-order valence-electron chi connectivity index (χ4n) is 2.83. The van der Waals surface area contributed by atoms with Gasteiger partial charge >= 0.3 is 0 Å². The van der Waals surface area contributed by atoms with E-state index in [4.69, 9.17) is 0 Å². The molecule has 0 unspecified atom stereocenters. The van der Waals surface area contributed by atoms with E-state index in [1.807, 2.05) is 20.8 Å². The molecular weight excluding hydrogens is 338 g/mol. The monoisotopic (exact) mass is 363 g/mol. The maximum Gasteiger partial charge on any atom is 0.268 e. The summed E-state index contributed by atoms with van der Waals surface area (Å²) in [5.41, 5.74) is 2.62. The second kappa shape index (κ2) is 6.37. The van der Waals surface area contributed by atoms with Crippen molar-refractivity contribution in [2.75, 3.05) is 10.5 Å². The van der Waals surface area contributed by atoms with Crippen LogP contribution >= 0.6 is 0 Å². The molecule has 1 fully saturated rings. The van der Waals surface area contributed by atoms with Gasteiger partial charge in [0.1, 0.15) is 5.69 Å². The number of sulfonamides is 1. The first-order chi connectivity index (χ1) is 11.7. The van der Waals surface area contributed by atoms with Gasteiger partial charge in [-0.25, -0.2) is 8.42 Å². The van der Waals surface area contributed by atoms with Crippen LogP contribution in [0.1, 0.15) is 55.6 Å². The molecule has 0 bridgehead atoms. The smallest absolute Gasteiger partial charge is 0.268 e. The summed E-state index contributed by atoms with van der Waals surface area (Å²) in [6, 6.07) is 5.29. The van der Waals surface area contributed by atoms with Crippen LogP contribution in [0.15, 0.2) is 18.2 Å². The van der Waals surface area contributed by atoms with Gasteiger partial charge in [0.05, 0.1) is 5.75 Å². The van der Waals surface area contributed by atoms with Crippen molar-refractivity contribution in [3.63, 3.8) is 0 Å². The third kappa shape index (κ3) is 3.98. The van der Waals surface area contributed by atoms with Crippen LogP contribution in [0, 0.1) is 6.92 Å². The van der Waals surface area contributed by atoms with Crippen molar-refractivity contribution in [2.45, 2.75) is 52.0 Å². The van der Waals surface area contributed by atoms with E-state index in [0.717, 1.165) is 35.7 Å². The maximum absolute atomic E-state index is 12.5. The summed E-state index contributed by atoms with van der Waals surface area (Å²) in [5, 5.41) is 3.89. The quantitative estimate of drug-likeness (QED) is 0.705. The number of aromatic nitrogens is 1. The van der Waals surface area contributed by atoms with E-state index in [1.165, 1.54) is 0 Å². The highest BCUT2D eigenvalue weighted by Gasteiger charge is 2.39. The molecule has 25 heavy (non-hydrogen) atoms. The molecule has 0 saturated heterocycles. The van der Waals surface area contributed by atoms with Gasteiger partial charge < -0.3 is 10.3 Å². The number of rotatable bonds is 7. The van der Waals surface area contributed by atoms with Gasteiger partial charge in [-0.2, -0.15) is 0 Å². The number of anilines is 1. The van der Waals surface area contributed by atoms with Crippen LogP contribution < -0.4 is 10.0 Å². The molecule has 0 aliphatic heterocycles. The van der Waals surface area contributed by atoms with Gasteiger partial charge in [0.2, 0.25) is 10.0 Å². The minimum absolute atomic E-state index is 0.0825. The molecule has 1 heterocycles. The second-order valence-corrected chi connectivity index (χ2v) is 9.02. The van der Waals surface area contributed by atoms with E-state index in [9.17, 15) is 13.2 Å². The Kier molecular flexibility index (Phi) is 4.53. The average molecular weight is 363 g/mol. The normalized spacial score (nSPS) is 16.0. The van der Waals surface area contributed by atoms with Crippen molar-refractivity contribution in [2.24, 2.45) is 0 Å². The Labute approximate surface area is 148 Å². The summed E-state index contributed by atoms with van der Waals surface area (Å²) >= 11 is 0. The molecule has 1 aliphatic rings. The lowest BCUT2D eigenvalue weighted by Gasteiger charge is -2.10. The van der Waals surface area contributed by atoms with Crippen LogP contribution in [0.25, 0.3) is 10.9 Å². The molecule has 1 aromatic heterocycles. The van der Waals surface area contributed by atoms with Crippen LogP contribution in [0.4, 0.5) is 5.69 Å². The third-order valence-electron chi connectivity index (χ3n) is 4.74. The molecule has 6 nitrogen and oxygen atoms in total. The zero-order valence-electron chi connectivity index (χ0n) is 14.9. The first-order valence-corrected chi connectivity index (χ1v) is 10.3. The first kappa shape index (κ1) is 17.8. The molecule has 0 spiro atoms. The number of unbranched alkanes of at least 4 members (excludes halogenated alkanes) is 1. The summed E-state index contributed by atoms with van der Waals surface area (Å²) in [6.45, 7) is 5.86. The third-order valence-corrected chi connectivity index (χ3v) is 6.11. The molecule has 7 heteroatoms. The van der Waals surface area contributed by atoms with Gasteiger partial charge in [-0.15, -0.1) is 0 Å². The zero-order valence-corrected chi connectivity index (χ0v) is 15.7. The number of H-pyrrole nitrogens is 1. The lowest BCUT2D eigenvalue weighted by atomic mass is 10.1. The highest BCUT2D eigenvalue weighted by atomic mass is 32.2. The minimum atomic E-state index is -3.34. The Morgan fingerprint density at radius 3 is 2.68 bits per heavy atom. The van der Waals surface area contributed by atoms with Crippen molar-refractivity contribution < 1.29 is 13.2 Å². The number of benzene rings is 1. The van der Waals surface area contributed by atoms with Gasteiger partial charge in [-0.1, -0.05) is 13.3 Å². The highest BCUT2D eigenvalue weighted by Crippen LogP contribution is 2.35. The Morgan fingerprint density at radius 2 is 2.04 bits per heavy atom. The van der Waals surface area contributed by atoms with E-state index in [0.29, 0.717) is 17.8 Å². The van der Waals surface area contributed by atoms with Crippen LogP contribution in [-0.4, -0.2) is 30.6 Å². The Bertz CT molecular complexity index is 911. The standard InChI is InChI=1S/C18H25N3O3S/c1-4-5-10-25(23,24)21-13-6-7-15-14(11-13)12(2)16(19-15)17(22)20-18(3)8-9-18/h6-7,11,19,21H,4-5,8-10H2,1-3H3,(H,20,22). The number of carbonyl (C=O) groups is 1. The SMILES string of the molecule is CCCCS(=O)(=O)Nc1ccc2[nH]c(C(=O)NC3(C)CC3)c(C)c2c1. The number of hydrogen-bond acceptors (Lipinski definition) is 3. The van der Waals surface area contributed by atoms with Gasteiger partial charge in [0.25, 0.3) is 5.91 Å². The number of aromatic amines is 1. The Hall–Kier alpha value is -2.02. The fraction of sp³-hybridized carbons (Fsp3) is 0.500. The summed E-state index contributed by atoms with van der Waals surface area (Å²) in [5.74, 6) is -0.00124. The fourth-order valence-corrected chi connectivity index (χ4v) is 4.09. The van der Waals surface area contributed by atoms with Crippen molar-refractivity contribution in [1.82, 2.24) is 10.3 Å². The number of amides is 1. The van der Waals surface area contributed by atoms with E-state index < -0.39 is 10.0 Å². The highest BCUT2D eigenvalue weighted by molar-refractivity contribution is 7.92. The molecule has 2 aromatic rings. The second-order valence-electron chi connectivity index (χ2n) is 7.17. The summed E-state index contributed by atoms with van der Waals surface area (Å²) in [6.07, 6.45) is 3.46. The Balaban J connectivity index is 1.85. The lowest BCUT2D eigenvalue weighted by Crippen LogP contribution is -2.34. The topological polar surface area (TPSA) is 91.1 Å². The number of fused-ring (bicyclic) bond motifs is 1. The number of aryl methyl sites for hydroxylation is 1. The number of nitrogens with one attached hydrogen (secondary N) is 3. The van der Waals surface area contributed by atoms with Crippen molar-refractivity contribution in [3.05, 3.63) is 29.5 Å². The molecule has 1 saturated carbocycles. The van der Waals surface area contributed by atoms with Crippen LogP contribution in [0.5, 0.6) is 0 Å². The molecule has 1 amide bonds. The van der Waals surface area contributed by atoms with Gasteiger partial charge in [-0.05, 0) is 56.9 Å². The largest absolute Gasteiger partial charge is 0.350 e. The average Bonchev–Trinajstić information content (AvgIpc) is 3.17. The van der Waals surface area contributed by atoms with Crippen molar-refractivity contribution >= 4 is 32.5 Å². The molecule has 3 N–H and O–H groups in total. The summed E-state index contributed by atoms with van der Waals surface area (Å²) in [7, 11) is -3.34. The molecule has 0 radical (unpaired) electrons. The molecule has 136 valence electrons. The first-order valence-electron chi connectivity index (χ1n) is 8.68. The number of hydrogen-bond donors (Lipinski definition) is 3. The maximum atomic E-state index is 12.5. The molecule has 1 aliphatic carbocycles. The van der Waals surface area contributed by atoms with E-state index in [2.05, 4.69) is 15.0 Å². The number of carbonyl (C=O) groups excluding carboxylic acids is 1. The van der Waals surface area contributed by atoms with E-state index in [1.54, 1.807) is 18.2 Å². The molecular formula is C18H25N3O3S. The van der Waals surface area contributed by atoms with Crippen molar-refractivity contribution in [3.8, 4) is 0 Å². The molecule has 3 rings (SSSR count). The van der Waals surface area contributed by atoms with Gasteiger partial charge in [-0.3, -0.25) is 9.52 Å². The van der Waals surface area contributed by atoms with Crippen LogP contribution in [-0.2, 0) is 10.0 Å². The molecule has 1 aromatic carbocycles. The molecule has 0 atom stereocenters. The summed E-state index contributed by atoms with van der Waals surface area (Å²) < 4.78 is 26.8. The summed E-state index contributed by atoms with van der Waals surface area (Å²) in [4.78, 5) is 15.6. The predicted molar refractivity (Wildman–Crippen MR) is 100 cm³/mol. The van der Waals surface area contributed by atoms with Crippen LogP contribution in [0.2, 0.25) is 0 Å². The van der Waals surface area contributed by atoms with E-state index in [-0.39, 0.29) is 17.2 Å². The predicted octanol–water partition coefficient (Wildman–Crippen LogP) is 3.30. The van der Waals surface area contributed by atoms with E-state index >= 15 is 0 Å². The van der Waals surface area contributed by atoms with Gasteiger partial charge in [0, 0.05) is 22.1 Å². The van der Waals surface area contributed by atoms with Gasteiger partial charge in [0.15, 0.2) is 0 Å². The lowest BCUT2D eigenvalue weighted by molar-refractivity contribution is 0.0930. The van der Waals surface area contributed by atoms with Crippen molar-refractivity contribution in [1.29, 1.82) is 0 Å².